The van der Waals surface area contributed by atoms with Gasteiger partial charge in [-0.15, -0.1) is 0 Å². The Morgan fingerprint density at radius 1 is 1.31 bits per heavy atom. The van der Waals surface area contributed by atoms with Crippen LogP contribution in [0.4, 0.5) is 0 Å². The Morgan fingerprint density at radius 2 is 2.15 bits per heavy atom. The molecule has 8 heteroatoms. The van der Waals surface area contributed by atoms with Crippen molar-refractivity contribution in [3.05, 3.63) is 56.5 Å². The molecular formula is C18H14BrN3O4. The van der Waals surface area contributed by atoms with E-state index in [1.54, 1.807) is 44.5 Å². The van der Waals surface area contributed by atoms with Gasteiger partial charge in [-0.25, -0.2) is 4.98 Å². The van der Waals surface area contributed by atoms with E-state index in [0.717, 1.165) is 4.47 Å². The Morgan fingerprint density at radius 3 is 2.96 bits per heavy atom. The molecule has 2 aromatic carbocycles. The summed E-state index contributed by atoms with van der Waals surface area (Å²) in [6, 6.07) is 8.92. The van der Waals surface area contributed by atoms with Crippen LogP contribution >= 0.6 is 15.9 Å². The minimum atomic E-state index is -0.238. The molecule has 0 saturated heterocycles. The number of aryl methyl sites for hydroxylation is 1. The van der Waals surface area contributed by atoms with E-state index >= 15 is 0 Å². The molecule has 0 saturated carbocycles. The van der Waals surface area contributed by atoms with E-state index in [0.29, 0.717) is 39.5 Å². The number of rotatable bonds is 3. The SMILES string of the molecule is COc1cc(C=Nn2c(C)nc3ccc(Br)cc3c2=O)cc2c1OCO2. The maximum absolute atomic E-state index is 12.8. The maximum atomic E-state index is 12.8. The van der Waals surface area contributed by atoms with Crippen LogP contribution in [0.5, 0.6) is 17.2 Å². The van der Waals surface area contributed by atoms with E-state index in [4.69, 9.17) is 14.2 Å². The Labute approximate surface area is 157 Å². The van der Waals surface area contributed by atoms with Crippen LogP contribution in [0.25, 0.3) is 10.9 Å². The standard InChI is InChI=1S/C18H14BrN3O4/c1-10-21-14-4-3-12(19)7-13(14)18(23)22(10)20-8-11-5-15(24-2)17-16(6-11)25-9-26-17/h3-8H,9H2,1-2H3. The first-order chi connectivity index (χ1) is 12.6. The largest absolute Gasteiger partial charge is 0.493 e. The van der Waals surface area contributed by atoms with Gasteiger partial charge in [0.25, 0.3) is 5.56 Å². The summed E-state index contributed by atoms with van der Waals surface area (Å²) in [5.41, 5.74) is 1.11. The molecule has 0 N–H and O–H groups in total. The van der Waals surface area contributed by atoms with Gasteiger partial charge in [-0.3, -0.25) is 4.79 Å². The van der Waals surface area contributed by atoms with Gasteiger partial charge < -0.3 is 14.2 Å². The Bertz CT molecular complexity index is 1110. The van der Waals surface area contributed by atoms with Crippen molar-refractivity contribution in [2.45, 2.75) is 6.92 Å². The van der Waals surface area contributed by atoms with Gasteiger partial charge in [-0.05, 0) is 37.3 Å². The van der Waals surface area contributed by atoms with Crippen molar-refractivity contribution < 1.29 is 14.2 Å². The van der Waals surface area contributed by atoms with Crippen molar-refractivity contribution in [2.24, 2.45) is 5.10 Å². The summed E-state index contributed by atoms with van der Waals surface area (Å²) in [5, 5.41) is 4.80. The molecule has 2 heterocycles. The highest BCUT2D eigenvalue weighted by atomic mass is 79.9. The van der Waals surface area contributed by atoms with Gasteiger partial charge in [0.1, 0.15) is 5.82 Å². The van der Waals surface area contributed by atoms with Crippen LogP contribution in [-0.2, 0) is 0 Å². The summed E-state index contributed by atoms with van der Waals surface area (Å²) in [7, 11) is 1.55. The molecule has 132 valence electrons. The maximum Gasteiger partial charge on any atom is 0.282 e. The summed E-state index contributed by atoms with van der Waals surface area (Å²) in [5.74, 6) is 2.19. The molecule has 0 amide bonds. The number of hydrogen-bond acceptors (Lipinski definition) is 6. The highest BCUT2D eigenvalue weighted by Crippen LogP contribution is 2.41. The molecule has 1 aliphatic rings. The molecule has 1 aliphatic heterocycles. The van der Waals surface area contributed by atoms with Gasteiger partial charge in [0, 0.05) is 10.0 Å². The molecule has 0 unspecified atom stereocenters. The molecule has 0 fully saturated rings. The van der Waals surface area contributed by atoms with Gasteiger partial charge in [-0.2, -0.15) is 9.78 Å². The number of nitrogens with zero attached hydrogens (tertiary/aromatic N) is 3. The van der Waals surface area contributed by atoms with Crippen LogP contribution in [0, 0.1) is 6.92 Å². The third-order valence-corrected chi connectivity index (χ3v) is 4.47. The zero-order valence-electron chi connectivity index (χ0n) is 14.0. The van der Waals surface area contributed by atoms with Crippen molar-refractivity contribution >= 4 is 33.0 Å². The van der Waals surface area contributed by atoms with Crippen LogP contribution < -0.4 is 19.8 Å². The molecule has 7 nitrogen and oxygen atoms in total. The van der Waals surface area contributed by atoms with Gasteiger partial charge >= 0.3 is 0 Å². The molecule has 0 atom stereocenters. The minimum absolute atomic E-state index is 0.147. The van der Waals surface area contributed by atoms with E-state index in [1.807, 2.05) is 6.07 Å². The third kappa shape index (κ3) is 2.82. The predicted molar refractivity (Wildman–Crippen MR) is 101 cm³/mol. The molecule has 4 rings (SSSR count). The fourth-order valence-electron chi connectivity index (χ4n) is 2.74. The smallest absolute Gasteiger partial charge is 0.282 e. The van der Waals surface area contributed by atoms with Gasteiger partial charge in [0.15, 0.2) is 11.5 Å². The van der Waals surface area contributed by atoms with Crippen LogP contribution in [-0.4, -0.2) is 29.8 Å². The Balaban J connectivity index is 1.79. The monoisotopic (exact) mass is 415 g/mol. The van der Waals surface area contributed by atoms with Crippen LogP contribution in [0.3, 0.4) is 0 Å². The average molecular weight is 416 g/mol. The van der Waals surface area contributed by atoms with Gasteiger partial charge in [0.2, 0.25) is 12.5 Å². The lowest BCUT2D eigenvalue weighted by Gasteiger charge is -2.07. The highest BCUT2D eigenvalue weighted by Gasteiger charge is 2.19. The lowest BCUT2D eigenvalue weighted by atomic mass is 10.2. The Hall–Kier alpha value is -2.87. The predicted octanol–water partition coefficient (Wildman–Crippen LogP) is 3.09. The van der Waals surface area contributed by atoms with E-state index in [9.17, 15) is 4.79 Å². The number of halogens is 1. The molecular weight excluding hydrogens is 402 g/mol. The first-order valence-electron chi connectivity index (χ1n) is 7.78. The van der Waals surface area contributed by atoms with Crippen molar-refractivity contribution in [1.29, 1.82) is 0 Å². The van der Waals surface area contributed by atoms with Crippen molar-refractivity contribution in [3.8, 4) is 17.2 Å². The second-order valence-electron chi connectivity index (χ2n) is 5.64. The zero-order chi connectivity index (χ0) is 18.3. The second kappa shape index (κ2) is 6.45. The third-order valence-electron chi connectivity index (χ3n) is 3.97. The molecule has 3 aromatic rings. The van der Waals surface area contributed by atoms with Gasteiger partial charge in [0.05, 0.1) is 24.2 Å². The first kappa shape index (κ1) is 16.6. The summed E-state index contributed by atoms with van der Waals surface area (Å²) >= 11 is 3.38. The van der Waals surface area contributed by atoms with E-state index in [-0.39, 0.29) is 12.4 Å². The molecule has 26 heavy (non-hydrogen) atoms. The molecule has 0 radical (unpaired) electrons. The fraction of sp³-hybridized carbons (Fsp3) is 0.167. The molecule has 0 bridgehead atoms. The summed E-state index contributed by atoms with van der Waals surface area (Å²) in [4.78, 5) is 17.2. The second-order valence-corrected chi connectivity index (χ2v) is 6.55. The van der Waals surface area contributed by atoms with Gasteiger partial charge in [-0.1, -0.05) is 15.9 Å². The lowest BCUT2D eigenvalue weighted by molar-refractivity contribution is 0.171. The summed E-state index contributed by atoms with van der Waals surface area (Å²) in [6.07, 6.45) is 1.56. The molecule has 0 spiro atoms. The highest BCUT2D eigenvalue weighted by molar-refractivity contribution is 9.10. The lowest BCUT2D eigenvalue weighted by Crippen LogP contribution is -2.20. The van der Waals surface area contributed by atoms with E-state index < -0.39 is 0 Å². The van der Waals surface area contributed by atoms with Crippen LogP contribution in [0.15, 0.2) is 44.7 Å². The number of methoxy groups -OCH3 is 1. The van der Waals surface area contributed by atoms with Crippen molar-refractivity contribution in [1.82, 2.24) is 9.66 Å². The minimum Gasteiger partial charge on any atom is -0.493 e. The molecule has 0 aliphatic carbocycles. The van der Waals surface area contributed by atoms with Crippen LogP contribution in [0.1, 0.15) is 11.4 Å². The first-order valence-corrected chi connectivity index (χ1v) is 8.57. The fourth-order valence-corrected chi connectivity index (χ4v) is 3.11. The number of fused-ring (bicyclic) bond motifs is 2. The normalized spacial score (nSPS) is 12.9. The summed E-state index contributed by atoms with van der Waals surface area (Å²) in [6.45, 7) is 1.88. The molecule has 1 aromatic heterocycles. The number of hydrogen-bond donors (Lipinski definition) is 0. The summed E-state index contributed by atoms with van der Waals surface area (Å²) < 4.78 is 18.2. The quantitative estimate of drug-likeness (QED) is 0.614. The zero-order valence-corrected chi connectivity index (χ0v) is 15.6. The topological polar surface area (TPSA) is 74.9 Å². The number of ether oxygens (including phenoxy) is 3. The van der Waals surface area contributed by atoms with Crippen LogP contribution in [0.2, 0.25) is 0 Å². The number of benzene rings is 2. The van der Waals surface area contributed by atoms with Crippen molar-refractivity contribution in [3.63, 3.8) is 0 Å². The van der Waals surface area contributed by atoms with Crippen molar-refractivity contribution in [2.75, 3.05) is 13.9 Å². The average Bonchev–Trinajstić information content (AvgIpc) is 3.10. The Kier molecular flexibility index (Phi) is 4.12. The van der Waals surface area contributed by atoms with E-state index in [1.165, 1.54) is 4.68 Å². The number of aromatic nitrogens is 2. The van der Waals surface area contributed by atoms with E-state index in [2.05, 4.69) is 26.0 Å².